The normalized spacial score (nSPS) is 10.3. The van der Waals surface area contributed by atoms with Gasteiger partial charge in [0.15, 0.2) is 0 Å². The fourth-order valence-electron chi connectivity index (χ4n) is 1.27. The molecule has 0 saturated carbocycles. The van der Waals surface area contributed by atoms with Crippen LogP contribution in [0.25, 0.3) is 0 Å². The molecule has 0 aliphatic rings. The molecule has 0 heterocycles. The van der Waals surface area contributed by atoms with Gasteiger partial charge in [0.1, 0.15) is 0 Å². The summed E-state index contributed by atoms with van der Waals surface area (Å²) in [6, 6.07) is 8.35. The third kappa shape index (κ3) is 3.17. The maximum Gasteiger partial charge on any atom is 0.0719 e. The number of benzene rings is 1. The molecule has 1 aromatic carbocycles. The van der Waals surface area contributed by atoms with Crippen molar-refractivity contribution < 1.29 is 4.74 Å². The minimum Gasteiger partial charge on any atom is -0.377 e. The fourth-order valence-corrected chi connectivity index (χ4v) is 1.27. The predicted octanol–water partition coefficient (Wildman–Crippen LogP) is 1.94. The van der Waals surface area contributed by atoms with Crippen molar-refractivity contribution in [2.75, 3.05) is 13.7 Å². The van der Waals surface area contributed by atoms with Crippen LogP contribution in [0.5, 0.6) is 0 Å². The average molecular weight is 179 g/mol. The molecule has 72 valence electrons. The standard InChI is InChI=1S/C11H17NO/c1-3-13-9-11-7-5-4-6-10(11)8-12-2/h4-7,12H,3,8-9H2,1-2H3. The van der Waals surface area contributed by atoms with Gasteiger partial charge in [0.25, 0.3) is 0 Å². The summed E-state index contributed by atoms with van der Waals surface area (Å²) < 4.78 is 5.38. The Bertz CT molecular complexity index is 248. The summed E-state index contributed by atoms with van der Waals surface area (Å²) in [5, 5.41) is 3.15. The van der Waals surface area contributed by atoms with Gasteiger partial charge in [-0.15, -0.1) is 0 Å². The highest BCUT2D eigenvalue weighted by molar-refractivity contribution is 5.26. The molecule has 0 atom stereocenters. The molecule has 1 aromatic rings. The molecule has 0 fully saturated rings. The zero-order chi connectivity index (χ0) is 9.52. The number of ether oxygens (including phenoxy) is 1. The third-order valence-corrected chi connectivity index (χ3v) is 1.95. The Morgan fingerprint density at radius 3 is 2.54 bits per heavy atom. The zero-order valence-corrected chi connectivity index (χ0v) is 8.34. The summed E-state index contributed by atoms with van der Waals surface area (Å²) in [6.07, 6.45) is 0. The van der Waals surface area contributed by atoms with Crippen LogP contribution in [0.15, 0.2) is 24.3 Å². The van der Waals surface area contributed by atoms with Gasteiger partial charge in [-0.25, -0.2) is 0 Å². The second-order valence-corrected chi connectivity index (χ2v) is 2.94. The highest BCUT2D eigenvalue weighted by atomic mass is 16.5. The average Bonchev–Trinajstić information content (AvgIpc) is 2.17. The molecule has 0 saturated heterocycles. The van der Waals surface area contributed by atoms with Gasteiger partial charge in [0, 0.05) is 13.2 Å². The van der Waals surface area contributed by atoms with Crippen LogP contribution in [0.3, 0.4) is 0 Å². The van der Waals surface area contributed by atoms with E-state index in [0.29, 0.717) is 6.61 Å². The fraction of sp³-hybridized carbons (Fsp3) is 0.455. The number of rotatable bonds is 5. The first-order chi connectivity index (χ1) is 6.38. The number of hydrogen-bond acceptors (Lipinski definition) is 2. The molecule has 0 spiro atoms. The summed E-state index contributed by atoms with van der Waals surface area (Å²) in [4.78, 5) is 0. The van der Waals surface area contributed by atoms with E-state index in [9.17, 15) is 0 Å². The highest BCUT2D eigenvalue weighted by Crippen LogP contribution is 2.09. The van der Waals surface area contributed by atoms with E-state index in [0.717, 1.165) is 13.2 Å². The lowest BCUT2D eigenvalue weighted by atomic mass is 10.1. The van der Waals surface area contributed by atoms with E-state index >= 15 is 0 Å². The van der Waals surface area contributed by atoms with Crippen LogP contribution in [-0.4, -0.2) is 13.7 Å². The van der Waals surface area contributed by atoms with Gasteiger partial charge in [-0.1, -0.05) is 24.3 Å². The van der Waals surface area contributed by atoms with Crippen LogP contribution >= 0.6 is 0 Å². The number of hydrogen-bond donors (Lipinski definition) is 1. The van der Waals surface area contributed by atoms with Crippen molar-refractivity contribution in [1.82, 2.24) is 5.32 Å². The van der Waals surface area contributed by atoms with E-state index in [4.69, 9.17) is 4.74 Å². The van der Waals surface area contributed by atoms with Crippen LogP contribution in [0.4, 0.5) is 0 Å². The molecule has 0 bridgehead atoms. The first kappa shape index (κ1) is 10.2. The van der Waals surface area contributed by atoms with Crippen molar-refractivity contribution in [2.45, 2.75) is 20.1 Å². The molecule has 2 nitrogen and oxygen atoms in total. The zero-order valence-electron chi connectivity index (χ0n) is 8.34. The summed E-state index contributed by atoms with van der Waals surface area (Å²) in [6.45, 7) is 4.41. The quantitative estimate of drug-likeness (QED) is 0.746. The van der Waals surface area contributed by atoms with Crippen molar-refractivity contribution >= 4 is 0 Å². The van der Waals surface area contributed by atoms with Gasteiger partial charge in [-0.2, -0.15) is 0 Å². The highest BCUT2D eigenvalue weighted by Gasteiger charge is 1.99. The van der Waals surface area contributed by atoms with Crippen LogP contribution in [0.2, 0.25) is 0 Å². The SMILES string of the molecule is CCOCc1ccccc1CNC. The first-order valence-corrected chi connectivity index (χ1v) is 4.67. The largest absolute Gasteiger partial charge is 0.377 e. The molecule has 1 rings (SSSR count). The van der Waals surface area contributed by atoms with Gasteiger partial charge in [0.2, 0.25) is 0 Å². The van der Waals surface area contributed by atoms with E-state index < -0.39 is 0 Å². The Morgan fingerprint density at radius 1 is 1.23 bits per heavy atom. The monoisotopic (exact) mass is 179 g/mol. The van der Waals surface area contributed by atoms with Crippen molar-refractivity contribution in [3.05, 3.63) is 35.4 Å². The van der Waals surface area contributed by atoms with Crippen molar-refractivity contribution in [3.63, 3.8) is 0 Å². The van der Waals surface area contributed by atoms with E-state index in [1.165, 1.54) is 11.1 Å². The van der Waals surface area contributed by atoms with Crippen molar-refractivity contribution in [1.29, 1.82) is 0 Å². The second-order valence-electron chi connectivity index (χ2n) is 2.94. The molecule has 0 aliphatic heterocycles. The molecular formula is C11H17NO. The Kier molecular flexibility index (Phi) is 4.50. The minimum absolute atomic E-state index is 0.717. The third-order valence-electron chi connectivity index (χ3n) is 1.95. The Labute approximate surface area is 79.9 Å². The van der Waals surface area contributed by atoms with E-state index in [1.807, 2.05) is 20.0 Å². The smallest absolute Gasteiger partial charge is 0.0719 e. The van der Waals surface area contributed by atoms with Crippen LogP contribution in [0.1, 0.15) is 18.1 Å². The molecule has 0 amide bonds. The van der Waals surface area contributed by atoms with Gasteiger partial charge in [0.05, 0.1) is 6.61 Å². The second kappa shape index (κ2) is 5.73. The summed E-state index contributed by atoms with van der Waals surface area (Å²) >= 11 is 0. The molecule has 0 unspecified atom stereocenters. The maximum absolute atomic E-state index is 5.38. The van der Waals surface area contributed by atoms with Gasteiger partial charge in [-0.05, 0) is 25.1 Å². The molecule has 1 N–H and O–H groups in total. The molecular weight excluding hydrogens is 162 g/mol. The van der Waals surface area contributed by atoms with E-state index in [1.54, 1.807) is 0 Å². The molecule has 0 radical (unpaired) electrons. The Balaban J connectivity index is 2.66. The molecule has 0 aliphatic carbocycles. The van der Waals surface area contributed by atoms with Crippen LogP contribution in [0, 0.1) is 0 Å². The van der Waals surface area contributed by atoms with Crippen LogP contribution in [-0.2, 0) is 17.9 Å². The Morgan fingerprint density at radius 2 is 1.92 bits per heavy atom. The predicted molar refractivity (Wildman–Crippen MR) is 54.5 cm³/mol. The lowest BCUT2D eigenvalue weighted by Crippen LogP contribution is -2.08. The molecule has 2 heteroatoms. The summed E-state index contributed by atoms with van der Waals surface area (Å²) in [5.74, 6) is 0. The van der Waals surface area contributed by atoms with E-state index in [2.05, 4.69) is 23.5 Å². The lowest BCUT2D eigenvalue weighted by Gasteiger charge is -2.08. The molecule has 0 aromatic heterocycles. The lowest BCUT2D eigenvalue weighted by molar-refractivity contribution is 0.133. The number of nitrogens with one attached hydrogen (secondary N) is 1. The summed E-state index contributed by atoms with van der Waals surface area (Å²) in [7, 11) is 1.96. The van der Waals surface area contributed by atoms with E-state index in [-0.39, 0.29) is 0 Å². The summed E-state index contributed by atoms with van der Waals surface area (Å²) in [5.41, 5.74) is 2.59. The van der Waals surface area contributed by atoms with Crippen molar-refractivity contribution in [2.24, 2.45) is 0 Å². The maximum atomic E-state index is 5.38. The van der Waals surface area contributed by atoms with Gasteiger partial charge in [-0.3, -0.25) is 0 Å². The first-order valence-electron chi connectivity index (χ1n) is 4.67. The van der Waals surface area contributed by atoms with Crippen LogP contribution < -0.4 is 5.32 Å². The van der Waals surface area contributed by atoms with Crippen molar-refractivity contribution in [3.8, 4) is 0 Å². The van der Waals surface area contributed by atoms with Gasteiger partial charge >= 0.3 is 0 Å². The van der Waals surface area contributed by atoms with Gasteiger partial charge < -0.3 is 10.1 Å². The topological polar surface area (TPSA) is 21.3 Å². The molecule has 13 heavy (non-hydrogen) atoms. The minimum atomic E-state index is 0.717. The Hall–Kier alpha value is -0.860.